The largest absolute Gasteiger partial charge is 0.458 e. The first-order valence-corrected chi connectivity index (χ1v) is 22.1. The van der Waals surface area contributed by atoms with Gasteiger partial charge in [0.15, 0.2) is 12.2 Å². The van der Waals surface area contributed by atoms with Crippen LogP contribution < -0.4 is 0 Å². The third kappa shape index (κ3) is 9.38. The fourth-order valence-electron chi connectivity index (χ4n) is 13.8. The second kappa shape index (κ2) is 17.4. The predicted molar refractivity (Wildman–Crippen MR) is 218 cm³/mol. The van der Waals surface area contributed by atoms with E-state index in [0.717, 1.165) is 41.9 Å². The molecule has 9 rings (SSSR count). The van der Waals surface area contributed by atoms with E-state index >= 15 is 0 Å². The fourth-order valence-corrected chi connectivity index (χ4v) is 13.8. The Morgan fingerprint density at radius 3 is 1.02 bits per heavy atom. The quantitative estimate of drug-likeness (QED) is 0.0758. The zero-order chi connectivity index (χ0) is 41.5. The van der Waals surface area contributed by atoms with Crippen LogP contribution in [0, 0.1) is 58.2 Å². The van der Waals surface area contributed by atoms with Crippen LogP contribution in [0.2, 0.25) is 0 Å². The Hall–Kier alpha value is -3.24. The Labute approximate surface area is 345 Å². The maximum absolute atomic E-state index is 12.8. The van der Waals surface area contributed by atoms with E-state index in [1.807, 2.05) is 0 Å². The summed E-state index contributed by atoms with van der Waals surface area (Å²) in [6, 6.07) is 0. The second-order valence-corrected chi connectivity index (χ2v) is 20.4. The van der Waals surface area contributed by atoms with E-state index < -0.39 is 36.1 Å². The summed E-state index contributed by atoms with van der Waals surface area (Å²) in [5.41, 5.74) is 1.38. The molecule has 0 heterocycles. The molecule has 6 unspecified atom stereocenters. The van der Waals surface area contributed by atoms with Crippen molar-refractivity contribution < 1.29 is 47.6 Å². The molecule has 10 nitrogen and oxygen atoms in total. The molecule has 0 aromatic heterocycles. The third-order valence-corrected chi connectivity index (χ3v) is 15.3. The maximum Gasteiger partial charge on any atom is 0.333 e. The lowest BCUT2D eigenvalue weighted by atomic mass is 9.41. The van der Waals surface area contributed by atoms with Crippen molar-refractivity contribution in [3.63, 3.8) is 0 Å². The summed E-state index contributed by atoms with van der Waals surface area (Å²) in [6.07, 6.45) is 15.0. The second-order valence-electron chi connectivity index (χ2n) is 20.4. The predicted octanol–water partition coefficient (Wildman–Crippen LogP) is 8.43. The fraction of sp³-hybridized carbons (Fsp3) is 0.750. The Balaban J connectivity index is 1.20. The number of carbonyl (C=O) groups is 4. The van der Waals surface area contributed by atoms with E-state index in [2.05, 4.69) is 26.3 Å². The summed E-state index contributed by atoms with van der Waals surface area (Å²) >= 11 is 0. The van der Waals surface area contributed by atoms with Gasteiger partial charge in [-0.05, 0) is 169 Å². The molecule has 0 radical (unpaired) electrons. The number of ether oxygens (including phenoxy) is 6. The van der Waals surface area contributed by atoms with Crippen LogP contribution in [0.25, 0.3) is 0 Å². The van der Waals surface area contributed by atoms with Gasteiger partial charge in [0, 0.05) is 28.7 Å². The van der Waals surface area contributed by atoms with Crippen LogP contribution >= 0.6 is 0 Å². The molecule has 9 aliphatic carbocycles. The summed E-state index contributed by atoms with van der Waals surface area (Å²) in [5, 5.41) is 0. The van der Waals surface area contributed by atoms with Crippen molar-refractivity contribution >= 4 is 23.9 Å². The lowest BCUT2D eigenvalue weighted by Crippen LogP contribution is -2.60. The summed E-state index contributed by atoms with van der Waals surface area (Å²) in [5.74, 6) is 2.92. The first kappa shape index (κ1) is 42.9. The van der Waals surface area contributed by atoms with Crippen molar-refractivity contribution in [3.05, 3.63) is 48.6 Å². The molecule has 0 aromatic rings. The molecule has 9 fully saturated rings. The van der Waals surface area contributed by atoms with Crippen LogP contribution in [0.4, 0.5) is 0 Å². The molecule has 6 atom stereocenters. The molecular weight excluding hydrogens is 737 g/mol. The highest BCUT2D eigenvalue weighted by atomic mass is 16.6. The third-order valence-electron chi connectivity index (χ3n) is 15.3. The van der Waals surface area contributed by atoms with Gasteiger partial charge < -0.3 is 28.4 Å². The van der Waals surface area contributed by atoms with Gasteiger partial charge in [-0.25, -0.2) is 19.2 Å². The zero-order valence-corrected chi connectivity index (χ0v) is 35.6. The zero-order valence-electron chi connectivity index (χ0n) is 35.6. The molecule has 0 spiro atoms. The normalized spacial score (nSPS) is 37.7. The first-order chi connectivity index (χ1) is 27.5. The van der Waals surface area contributed by atoms with E-state index in [9.17, 15) is 19.2 Å². The summed E-state index contributed by atoms with van der Waals surface area (Å²) in [4.78, 5) is 50.6. The van der Waals surface area contributed by atoms with Crippen LogP contribution in [0.3, 0.4) is 0 Å². The van der Waals surface area contributed by atoms with Crippen LogP contribution in [0.15, 0.2) is 48.6 Å². The van der Waals surface area contributed by atoms with E-state index in [0.29, 0.717) is 18.3 Å². The molecule has 0 aliphatic heterocycles. The molecule has 0 amide bonds. The molecule has 0 aromatic carbocycles. The van der Waals surface area contributed by atoms with Crippen molar-refractivity contribution in [2.75, 3.05) is 26.4 Å². The lowest BCUT2D eigenvalue weighted by Gasteiger charge is -2.65. The van der Waals surface area contributed by atoms with Crippen LogP contribution in [-0.4, -0.2) is 74.7 Å². The van der Waals surface area contributed by atoms with E-state index in [1.165, 1.54) is 77.0 Å². The first-order valence-electron chi connectivity index (χ1n) is 22.1. The van der Waals surface area contributed by atoms with Crippen molar-refractivity contribution in [1.29, 1.82) is 0 Å². The number of hydrogen-bond acceptors (Lipinski definition) is 10. The molecule has 9 saturated carbocycles. The smallest absolute Gasteiger partial charge is 0.333 e. The Morgan fingerprint density at radius 1 is 0.448 bits per heavy atom. The van der Waals surface area contributed by atoms with Crippen LogP contribution in [-0.2, 0) is 47.6 Å². The number of hydrogen-bond donors (Lipinski definition) is 0. The minimum Gasteiger partial charge on any atom is -0.458 e. The minimum atomic E-state index is -0.835. The molecule has 10 heteroatoms. The van der Waals surface area contributed by atoms with Gasteiger partial charge in [0.25, 0.3) is 0 Å². The molecule has 320 valence electrons. The molecule has 8 bridgehead atoms. The molecule has 58 heavy (non-hydrogen) atoms. The highest BCUT2D eigenvalue weighted by molar-refractivity contribution is 5.88. The number of carbonyl (C=O) groups excluding carboxylic acids is 4. The summed E-state index contributed by atoms with van der Waals surface area (Å²) < 4.78 is 36.8. The Kier molecular flexibility index (Phi) is 12.9. The minimum absolute atomic E-state index is 0.0560. The molecule has 9 aliphatic rings. The van der Waals surface area contributed by atoms with Gasteiger partial charge in [-0.3, -0.25) is 0 Å². The average Bonchev–Trinajstić information content (AvgIpc) is 3.14. The maximum atomic E-state index is 12.8. The van der Waals surface area contributed by atoms with Gasteiger partial charge in [0.1, 0.15) is 13.2 Å². The van der Waals surface area contributed by atoms with Gasteiger partial charge in [-0.15, -0.1) is 0 Å². The standard InChI is InChI=1S/C48H68O10/c1-27(2)43(49)55-25-37(57-45(51)29(5)6)23-53-41-16-42(54-24-38(58-46(52)30(7)8)26-56-44(50)28(3)4)40(48-20-34-12-35(21-48)14-36(13-34)22-48)15-39(41)47-17-31-9-32(18-47)11-33(10-31)19-47/h31-42H,1,3,5,7,9-26H2,2,4,6,8H3. The van der Waals surface area contributed by atoms with Gasteiger partial charge in [-0.2, -0.15) is 0 Å². The SMILES string of the molecule is C=C(C)C(=O)OCC(COC1CC(OCC(COC(=O)C(=C)C)OC(=O)C(=C)C)C(C23CC4CC(CC(C4)C2)C3)CC1C12CC3CC(CC(C3)C1)C2)OC(=O)C(=C)C. The summed E-state index contributed by atoms with van der Waals surface area (Å²) in [6.45, 7) is 21.1. The van der Waals surface area contributed by atoms with Crippen LogP contribution in [0.5, 0.6) is 0 Å². The van der Waals surface area contributed by atoms with Crippen molar-refractivity contribution in [3.8, 4) is 0 Å². The highest BCUT2D eigenvalue weighted by Crippen LogP contribution is 2.69. The number of esters is 4. The lowest BCUT2D eigenvalue weighted by molar-refractivity contribution is -0.216. The van der Waals surface area contributed by atoms with E-state index in [1.54, 1.807) is 27.7 Å². The van der Waals surface area contributed by atoms with Crippen LogP contribution in [0.1, 0.15) is 118 Å². The summed E-state index contributed by atoms with van der Waals surface area (Å²) in [7, 11) is 0. The van der Waals surface area contributed by atoms with E-state index in [-0.39, 0.29) is 71.8 Å². The molecular formula is C48H68O10. The van der Waals surface area contributed by atoms with Gasteiger partial charge in [0.2, 0.25) is 0 Å². The average molecular weight is 805 g/mol. The number of rotatable bonds is 18. The van der Waals surface area contributed by atoms with Gasteiger partial charge >= 0.3 is 23.9 Å². The monoisotopic (exact) mass is 804 g/mol. The Morgan fingerprint density at radius 2 is 0.741 bits per heavy atom. The topological polar surface area (TPSA) is 124 Å². The molecule has 0 N–H and O–H groups in total. The highest BCUT2D eigenvalue weighted by Gasteiger charge is 2.62. The molecule has 0 saturated heterocycles. The van der Waals surface area contributed by atoms with Gasteiger partial charge in [-0.1, -0.05) is 26.3 Å². The van der Waals surface area contributed by atoms with E-state index in [4.69, 9.17) is 28.4 Å². The Bertz CT molecular complexity index is 1470. The van der Waals surface area contributed by atoms with Crippen molar-refractivity contribution in [2.45, 2.75) is 142 Å². The van der Waals surface area contributed by atoms with Crippen molar-refractivity contribution in [2.24, 2.45) is 58.2 Å². The van der Waals surface area contributed by atoms with Crippen molar-refractivity contribution in [1.82, 2.24) is 0 Å². The van der Waals surface area contributed by atoms with Gasteiger partial charge in [0.05, 0.1) is 25.4 Å².